The summed E-state index contributed by atoms with van der Waals surface area (Å²) in [6, 6.07) is 9.11. The summed E-state index contributed by atoms with van der Waals surface area (Å²) >= 11 is 0. The molecule has 1 aromatic carbocycles. The van der Waals surface area contributed by atoms with Crippen molar-refractivity contribution in [2.24, 2.45) is 0 Å². The molecule has 0 aromatic heterocycles. The third-order valence-electron chi connectivity index (χ3n) is 3.47. The molecule has 0 spiro atoms. The lowest BCUT2D eigenvalue weighted by Crippen LogP contribution is -2.31. The van der Waals surface area contributed by atoms with Gasteiger partial charge >= 0.3 is 0 Å². The molecule has 17 heavy (non-hydrogen) atoms. The largest absolute Gasteiger partial charge is 0.390 e. The van der Waals surface area contributed by atoms with Crippen LogP contribution < -0.4 is 4.90 Å². The van der Waals surface area contributed by atoms with Gasteiger partial charge in [0.05, 0.1) is 5.60 Å². The first-order chi connectivity index (χ1) is 7.88. The van der Waals surface area contributed by atoms with Crippen molar-refractivity contribution in [2.45, 2.75) is 51.7 Å². The molecule has 0 amide bonds. The summed E-state index contributed by atoms with van der Waals surface area (Å²) in [5, 5.41) is 10.0. The van der Waals surface area contributed by atoms with Crippen LogP contribution in [0.5, 0.6) is 0 Å². The van der Waals surface area contributed by atoms with Gasteiger partial charge in [0, 0.05) is 24.2 Å². The standard InChI is InChI=1S/C15H23NO/c1-11(2)16-10-12(9-15(3,4)17)13-7-5-6-8-14(13)16/h5-8,11-12,17H,9-10H2,1-4H3. The monoisotopic (exact) mass is 233 g/mol. The Morgan fingerprint density at radius 3 is 2.59 bits per heavy atom. The molecule has 1 N–H and O–H groups in total. The van der Waals surface area contributed by atoms with Crippen molar-refractivity contribution in [3.05, 3.63) is 29.8 Å². The summed E-state index contributed by atoms with van der Waals surface area (Å²) in [6.07, 6.45) is 0.827. The zero-order valence-electron chi connectivity index (χ0n) is 11.3. The lowest BCUT2D eigenvalue weighted by molar-refractivity contribution is 0.0643. The molecule has 0 saturated heterocycles. The van der Waals surface area contributed by atoms with Gasteiger partial charge in [0.2, 0.25) is 0 Å². The van der Waals surface area contributed by atoms with E-state index in [4.69, 9.17) is 0 Å². The quantitative estimate of drug-likeness (QED) is 0.867. The molecule has 0 bridgehead atoms. The highest BCUT2D eigenvalue weighted by molar-refractivity contribution is 5.60. The van der Waals surface area contributed by atoms with Gasteiger partial charge in [-0.15, -0.1) is 0 Å². The summed E-state index contributed by atoms with van der Waals surface area (Å²) in [5.74, 6) is 0.452. The first-order valence-corrected chi connectivity index (χ1v) is 6.46. The second-order valence-corrected chi connectivity index (χ2v) is 6.02. The highest BCUT2D eigenvalue weighted by atomic mass is 16.3. The van der Waals surface area contributed by atoms with Gasteiger partial charge in [-0.1, -0.05) is 18.2 Å². The van der Waals surface area contributed by atoms with Crippen molar-refractivity contribution in [3.63, 3.8) is 0 Å². The van der Waals surface area contributed by atoms with Crippen LogP contribution in [-0.4, -0.2) is 23.3 Å². The first-order valence-electron chi connectivity index (χ1n) is 6.46. The van der Waals surface area contributed by atoms with E-state index in [1.807, 2.05) is 13.8 Å². The maximum atomic E-state index is 10.0. The number of rotatable bonds is 3. The second kappa shape index (κ2) is 4.34. The van der Waals surface area contributed by atoms with Gasteiger partial charge in [-0.2, -0.15) is 0 Å². The Morgan fingerprint density at radius 1 is 1.35 bits per heavy atom. The maximum Gasteiger partial charge on any atom is 0.0598 e. The van der Waals surface area contributed by atoms with E-state index in [9.17, 15) is 5.11 Å². The predicted octanol–water partition coefficient (Wildman–Crippen LogP) is 3.16. The number of benzene rings is 1. The van der Waals surface area contributed by atoms with Crippen LogP contribution in [0.2, 0.25) is 0 Å². The topological polar surface area (TPSA) is 23.5 Å². The van der Waals surface area contributed by atoms with E-state index in [0.717, 1.165) is 13.0 Å². The average Bonchev–Trinajstić information content (AvgIpc) is 2.55. The van der Waals surface area contributed by atoms with Crippen LogP contribution in [0.4, 0.5) is 5.69 Å². The lowest BCUT2D eigenvalue weighted by atomic mass is 9.89. The van der Waals surface area contributed by atoms with Gasteiger partial charge in [-0.25, -0.2) is 0 Å². The maximum absolute atomic E-state index is 10.0. The minimum Gasteiger partial charge on any atom is -0.390 e. The van der Waals surface area contributed by atoms with Gasteiger partial charge in [0.25, 0.3) is 0 Å². The molecular formula is C15H23NO. The molecule has 0 fully saturated rings. The molecule has 1 unspecified atom stereocenters. The van der Waals surface area contributed by atoms with E-state index in [1.165, 1.54) is 11.3 Å². The van der Waals surface area contributed by atoms with E-state index >= 15 is 0 Å². The van der Waals surface area contributed by atoms with Crippen LogP contribution in [0.3, 0.4) is 0 Å². The van der Waals surface area contributed by atoms with Crippen molar-refractivity contribution in [1.29, 1.82) is 0 Å². The van der Waals surface area contributed by atoms with Gasteiger partial charge in [0.15, 0.2) is 0 Å². The van der Waals surface area contributed by atoms with Crippen LogP contribution >= 0.6 is 0 Å². The highest BCUT2D eigenvalue weighted by Crippen LogP contribution is 2.40. The number of fused-ring (bicyclic) bond motifs is 1. The van der Waals surface area contributed by atoms with Crippen LogP contribution in [0.25, 0.3) is 0 Å². The van der Waals surface area contributed by atoms with Crippen LogP contribution in [-0.2, 0) is 0 Å². The van der Waals surface area contributed by atoms with Gasteiger partial charge in [0.1, 0.15) is 0 Å². The Bertz CT molecular complexity index is 392. The first kappa shape index (κ1) is 12.4. The van der Waals surface area contributed by atoms with Crippen LogP contribution in [0.15, 0.2) is 24.3 Å². The van der Waals surface area contributed by atoms with Crippen LogP contribution in [0.1, 0.15) is 45.6 Å². The molecule has 2 nitrogen and oxygen atoms in total. The van der Waals surface area contributed by atoms with Crippen molar-refractivity contribution in [1.82, 2.24) is 0 Å². The molecule has 0 saturated carbocycles. The van der Waals surface area contributed by atoms with Crippen molar-refractivity contribution in [3.8, 4) is 0 Å². The van der Waals surface area contributed by atoms with Crippen LogP contribution in [0, 0.1) is 0 Å². The number of aliphatic hydroxyl groups is 1. The zero-order valence-corrected chi connectivity index (χ0v) is 11.3. The number of nitrogens with zero attached hydrogens (tertiary/aromatic N) is 1. The number of para-hydroxylation sites is 1. The molecule has 0 radical (unpaired) electrons. The lowest BCUT2D eigenvalue weighted by Gasteiger charge is -2.26. The minimum atomic E-state index is -0.592. The summed E-state index contributed by atoms with van der Waals surface area (Å²) < 4.78 is 0. The van der Waals surface area contributed by atoms with Gasteiger partial charge < -0.3 is 10.0 Å². The third kappa shape index (κ3) is 2.63. The third-order valence-corrected chi connectivity index (χ3v) is 3.47. The Morgan fingerprint density at radius 2 is 2.00 bits per heavy atom. The van der Waals surface area contributed by atoms with E-state index in [2.05, 4.69) is 43.0 Å². The summed E-state index contributed by atoms with van der Waals surface area (Å²) in [4.78, 5) is 2.44. The molecular weight excluding hydrogens is 210 g/mol. The minimum absolute atomic E-state index is 0.452. The normalized spacial score (nSPS) is 19.9. The Kier molecular flexibility index (Phi) is 3.17. The molecule has 2 heteroatoms. The summed E-state index contributed by atoms with van der Waals surface area (Å²) in [6.45, 7) is 9.27. The molecule has 1 heterocycles. The molecule has 1 aliphatic heterocycles. The van der Waals surface area contributed by atoms with Crippen molar-refractivity contribution in [2.75, 3.05) is 11.4 Å². The smallest absolute Gasteiger partial charge is 0.0598 e. The summed E-state index contributed by atoms with van der Waals surface area (Å²) in [5.41, 5.74) is 2.14. The van der Waals surface area contributed by atoms with E-state index < -0.39 is 5.60 Å². The molecule has 1 aromatic rings. The molecule has 94 valence electrons. The number of hydrogen-bond donors (Lipinski definition) is 1. The fraction of sp³-hybridized carbons (Fsp3) is 0.600. The molecule has 1 atom stereocenters. The summed E-state index contributed by atoms with van der Waals surface area (Å²) in [7, 11) is 0. The van der Waals surface area contributed by atoms with Crippen molar-refractivity contribution < 1.29 is 5.11 Å². The Balaban J connectivity index is 2.29. The zero-order chi connectivity index (χ0) is 12.6. The molecule has 1 aliphatic rings. The fourth-order valence-corrected chi connectivity index (χ4v) is 2.79. The predicted molar refractivity (Wildman–Crippen MR) is 72.6 cm³/mol. The SMILES string of the molecule is CC(C)N1CC(CC(C)(C)O)c2ccccc21. The van der Waals surface area contributed by atoms with E-state index in [1.54, 1.807) is 0 Å². The van der Waals surface area contributed by atoms with E-state index in [0.29, 0.717) is 12.0 Å². The molecule has 0 aliphatic carbocycles. The number of anilines is 1. The van der Waals surface area contributed by atoms with Gasteiger partial charge in [-0.3, -0.25) is 0 Å². The molecule has 2 rings (SSSR count). The van der Waals surface area contributed by atoms with Gasteiger partial charge in [-0.05, 0) is 45.7 Å². The Hall–Kier alpha value is -1.02. The highest BCUT2D eigenvalue weighted by Gasteiger charge is 2.32. The van der Waals surface area contributed by atoms with E-state index in [-0.39, 0.29) is 0 Å². The fourth-order valence-electron chi connectivity index (χ4n) is 2.79. The van der Waals surface area contributed by atoms with Crippen molar-refractivity contribution >= 4 is 5.69 Å². The number of hydrogen-bond acceptors (Lipinski definition) is 2. The second-order valence-electron chi connectivity index (χ2n) is 6.02. The average molecular weight is 233 g/mol. The Labute approximate surface area is 104 Å².